The predicted octanol–water partition coefficient (Wildman–Crippen LogP) is 3.12. The van der Waals surface area contributed by atoms with Gasteiger partial charge in [-0.3, -0.25) is 0 Å². The molecule has 0 N–H and O–H groups in total. The Kier molecular flexibility index (Phi) is 4.45. The molecule has 0 aliphatic carbocycles. The van der Waals surface area contributed by atoms with Crippen LogP contribution in [0.5, 0.6) is 0 Å². The second kappa shape index (κ2) is 4.57. The molecule has 11 heavy (non-hydrogen) atoms. The van der Waals surface area contributed by atoms with Crippen molar-refractivity contribution in [2.24, 2.45) is 0 Å². The summed E-state index contributed by atoms with van der Waals surface area (Å²) in [6.45, 7) is 0.155. The van der Waals surface area contributed by atoms with Crippen LogP contribution < -0.4 is 0 Å². The summed E-state index contributed by atoms with van der Waals surface area (Å²) in [6, 6.07) is 0. The first-order valence-corrected chi connectivity index (χ1v) is 3.59. The summed E-state index contributed by atoms with van der Waals surface area (Å²) in [7, 11) is 0. The van der Waals surface area contributed by atoms with Crippen LogP contribution in [-0.4, -0.2) is 18.8 Å². The van der Waals surface area contributed by atoms with E-state index in [2.05, 4.69) is 0 Å². The molecule has 0 saturated carbocycles. The third-order valence-corrected chi connectivity index (χ3v) is 1.51. The van der Waals surface area contributed by atoms with Crippen molar-refractivity contribution in [3.63, 3.8) is 0 Å². The predicted molar refractivity (Wildman–Crippen MR) is 35.3 cm³/mol. The van der Waals surface area contributed by atoms with Crippen LogP contribution in [0.2, 0.25) is 0 Å². The van der Waals surface area contributed by atoms with Crippen molar-refractivity contribution in [1.82, 2.24) is 0 Å². The second-order valence-electron chi connectivity index (χ2n) is 2.50. The standard InChI is InChI=1S/C7H12F4/c1-2-7(10,11)4-3-6(9)5-8/h6H,2-5H2,1H3/t6-/m0/s1. The number of alkyl halides is 4. The Morgan fingerprint density at radius 1 is 1.36 bits per heavy atom. The topological polar surface area (TPSA) is 0 Å². The van der Waals surface area contributed by atoms with Gasteiger partial charge in [-0.25, -0.2) is 17.6 Å². The summed E-state index contributed by atoms with van der Waals surface area (Å²) in [5, 5.41) is 0. The molecule has 0 aliphatic heterocycles. The zero-order valence-electron chi connectivity index (χ0n) is 6.42. The first kappa shape index (κ1) is 10.7. The number of rotatable bonds is 5. The first-order chi connectivity index (χ1) is 5.02. The minimum Gasteiger partial charge on any atom is -0.248 e. The van der Waals surface area contributed by atoms with Gasteiger partial charge >= 0.3 is 0 Å². The molecule has 0 heterocycles. The van der Waals surface area contributed by atoms with E-state index in [1.165, 1.54) is 6.92 Å². The molecule has 68 valence electrons. The lowest BCUT2D eigenvalue weighted by Gasteiger charge is -2.13. The van der Waals surface area contributed by atoms with E-state index in [0.29, 0.717) is 0 Å². The van der Waals surface area contributed by atoms with Crippen LogP contribution in [0.1, 0.15) is 26.2 Å². The van der Waals surface area contributed by atoms with Crippen LogP contribution in [0.15, 0.2) is 0 Å². The fourth-order valence-corrected chi connectivity index (χ4v) is 0.622. The molecule has 0 fully saturated rings. The largest absolute Gasteiger partial charge is 0.248 e. The van der Waals surface area contributed by atoms with Gasteiger partial charge in [0.1, 0.15) is 12.8 Å². The van der Waals surface area contributed by atoms with E-state index in [1.807, 2.05) is 0 Å². The Balaban J connectivity index is 3.52. The van der Waals surface area contributed by atoms with Crippen LogP contribution in [0.25, 0.3) is 0 Å². The van der Waals surface area contributed by atoms with E-state index in [1.54, 1.807) is 0 Å². The van der Waals surface area contributed by atoms with Gasteiger partial charge in [0, 0.05) is 12.8 Å². The molecule has 0 spiro atoms. The molecule has 0 radical (unpaired) electrons. The van der Waals surface area contributed by atoms with Gasteiger partial charge in [0.2, 0.25) is 5.92 Å². The highest BCUT2D eigenvalue weighted by atomic mass is 19.3. The van der Waals surface area contributed by atoms with E-state index in [-0.39, 0.29) is 6.42 Å². The normalized spacial score (nSPS) is 15.0. The quantitative estimate of drug-likeness (QED) is 0.559. The zero-order valence-corrected chi connectivity index (χ0v) is 6.42. The van der Waals surface area contributed by atoms with Gasteiger partial charge in [-0.2, -0.15) is 0 Å². The summed E-state index contributed by atoms with van der Waals surface area (Å²) < 4.78 is 48.3. The van der Waals surface area contributed by atoms with E-state index in [4.69, 9.17) is 0 Å². The highest BCUT2D eigenvalue weighted by molar-refractivity contribution is 4.66. The fourth-order valence-electron chi connectivity index (χ4n) is 0.622. The van der Waals surface area contributed by atoms with E-state index < -0.39 is 31.6 Å². The summed E-state index contributed by atoms with van der Waals surface area (Å²) in [5.41, 5.74) is 0. The first-order valence-electron chi connectivity index (χ1n) is 3.59. The minimum absolute atomic E-state index is 0.313. The zero-order chi connectivity index (χ0) is 8.91. The van der Waals surface area contributed by atoms with Crippen molar-refractivity contribution in [3.8, 4) is 0 Å². The van der Waals surface area contributed by atoms with Gasteiger partial charge in [-0.05, 0) is 6.42 Å². The summed E-state index contributed by atoms with van der Waals surface area (Å²) in [6.07, 6.45) is -3.00. The molecule has 0 aliphatic rings. The van der Waals surface area contributed by atoms with E-state index in [9.17, 15) is 17.6 Å². The Labute approximate surface area is 63.6 Å². The van der Waals surface area contributed by atoms with Crippen LogP contribution in [0, 0.1) is 0 Å². The highest BCUT2D eigenvalue weighted by Crippen LogP contribution is 2.25. The lowest BCUT2D eigenvalue weighted by molar-refractivity contribution is -0.0194. The second-order valence-corrected chi connectivity index (χ2v) is 2.50. The molecule has 0 nitrogen and oxygen atoms in total. The Morgan fingerprint density at radius 2 is 1.91 bits per heavy atom. The van der Waals surface area contributed by atoms with Gasteiger partial charge in [0.05, 0.1) is 0 Å². The van der Waals surface area contributed by atoms with Crippen LogP contribution in [-0.2, 0) is 0 Å². The Morgan fingerprint density at radius 3 is 2.27 bits per heavy atom. The molecule has 0 saturated heterocycles. The van der Waals surface area contributed by atoms with Crippen molar-refractivity contribution in [1.29, 1.82) is 0 Å². The monoisotopic (exact) mass is 172 g/mol. The molecule has 0 aromatic rings. The molecular formula is C7H12F4. The molecule has 0 aromatic heterocycles. The molecule has 0 bridgehead atoms. The average molecular weight is 172 g/mol. The lowest BCUT2D eigenvalue weighted by Crippen LogP contribution is -2.17. The molecular weight excluding hydrogens is 160 g/mol. The fraction of sp³-hybridized carbons (Fsp3) is 1.00. The van der Waals surface area contributed by atoms with Gasteiger partial charge < -0.3 is 0 Å². The molecule has 4 heteroatoms. The molecule has 1 atom stereocenters. The smallest absolute Gasteiger partial charge is 0.248 e. The number of halogens is 4. The SMILES string of the molecule is CCC(F)(F)CC[C@H](F)CF. The van der Waals surface area contributed by atoms with Crippen molar-refractivity contribution in [3.05, 3.63) is 0 Å². The van der Waals surface area contributed by atoms with Crippen LogP contribution >= 0.6 is 0 Å². The maximum absolute atomic E-state index is 12.4. The average Bonchev–Trinajstić information content (AvgIpc) is 2.00. The minimum atomic E-state index is -2.83. The summed E-state index contributed by atoms with van der Waals surface area (Å²) >= 11 is 0. The van der Waals surface area contributed by atoms with Gasteiger partial charge in [0.25, 0.3) is 0 Å². The highest BCUT2D eigenvalue weighted by Gasteiger charge is 2.26. The van der Waals surface area contributed by atoms with E-state index in [0.717, 1.165) is 0 Å². The third kappa shape index (κ3) is 5.04. The summed E-state index contributed by atoms with van der Waals surface area (Å²) in [4.78, 5) is 0. The van der Waals surface area contributed by atoms with Crippen LogP contribution in [0.4, 0.5) is 17.6 Å². The van der Waals surface area contributed by atoms with Crippen molar-refractivity contribution in [2.75, 3.05) is 6.67 Å². The molecule has 0 rings (SSSR count). The van der Waals surface area contributed by atoms with Crippen molar-refractivity contribution >= 4 is 0 Å². The molecule has 0 aromatic carbocycles. The Bertz CT molecular complexity index is 103. The molecule has 0 amide bonds. The van der Waals surface area contributed by atoms with E-state index >= 15 is 0 Å². The van der Waals surface area contributed by atoms with Crippen molar-refractivity contribution < 1.29 is 17.6 Å². The number of hydrogen-bond donors (Lipinski definition) is 0. The Hall–Kier alpha value is -0.280. The van der Waals surface area contributed by atoms with Crippen molar-refractivity contribution in [2.45, 2.75) is 38.3 Å². The maximum Gasteiger partial charge on any atom is 0.248 e. The maximum atomic E-state index is 12.4. The van der Waals surface area contributed by atoms with Gasteiger partial charge in [0.15, 0.2) is 0 Å². The van der Waals surface area contributed by atoms with Gasteiger partial charge in [-0.15, -0.1) is 0 Å². The van der Waals surface area contributed by atoms with Gasteiger partial charge in [-0.1, -0.05) is 6.92 Å². The third-order valence-electron chi connectivity index (χ3n) is 1.51. The van der Waals surface area contributed by atoms with Crippen LogP contribution in [0.3, 0.4) is 0 Å². The lowest BCUT2D eigenvalue weighted by atomic mass is 10.1. The number of hydrogen-bond acceptors (Lipinski definition) is 0. The molecule has 0 unspecified atom stereocenters. The summed E-state index contributed by atoms with van der Waals surface area (Å²) in [5.74, 6) is -2.83.